The number of rotatable bonds is 2. The van der Waals surface area contributed by atoms with Gasteiger partial charge < -0.3 is 4.98 Å². The lowest BCUT2D eigenvalue weighted by Crippen LogP contribution is -2.16. The van der Waals surface area contributed by atoms with Crippen LogP contribution in [-0.4, -0.2) is 14.5 Å². The van der Waals surface area contributed by atoms with Crippen LogP contribution in [0, 0.1) is 6.92 Å². The number of imidazole rings is 1. The highest BCUT2D eigenvalue weighted by Crippen LogP contribution is 2.01. The van der Waals surface area contributed by atoms with Gasteiger partial charge in [0.05, 0.1) is 6.54 Å². The first-order valence-corrected chi connectivity index (χ1v) is 4.41. The maximum absolute atomic E-state index is 11.2. The van der Waals surface area contributed by atoms with E-state index in [9.17, 15) is 4.79 Å². The van der Waals surface area contributed by atoms with E-state index in [0.717, 1.165) is 11.3 Å². The third kappa shape index (κ3) is 1.74. The van der Waals surface area contributed by atoms with E-state index in [1.165, 1.54) is 0 Å². The topological polar surface area (TPSA) is 50.7 Å². The van der Waals surface area contributed by atoms with E-state index in [0.29, 0.717) is 6.54 Å². The van der Waals surface area contributed by atoms with Crippen LogP contribution in [0.4, 0.5) is 0 Å². The lowest BCUT2D eigenvalue weighted by atomic mass is 10.2. The monoisotopic (exact) mass is 189 g/mol. The molecule has 0 fully saturated rings. The molecule has 2 heterocycles. The van der Waals surface area contributed by atoms with Crippen LogP contribution < -0.4 is 5.69 Å². The average Bonchev–Trinajstić information content (AvgIpc) is 2.52. The SMILES string of the molecule is Cc1cc(Cn2cc[nH]c2=O)ccn1. The maximum Gasteiger partial charge on any atom is 0.325 e. The Labute approximate surface area is 81.2 Å². The number of aromatic amines is 1. The third-order valence-electron chi connectivity index (χ3n) is 2.04. The summed E-state index contributed by atoms with van der Waals surface area (Å²) >= 11 is 0. The van der Waals surface area contributed by atoms with Crippen molar-refractivity contribution in [2.75, 3.05) is 0 Å². The molecule has 0 radical (unpaired) electrons. The predicted octanol–water partition coefficient (Wildman–Crippen LogP) is 0.928. The lowest BCUT2D eigenvalue weighted by molar-refractivity contribution is 0.759. The summed E-state index contributed by atoms with van der Waals surface area (Å²) in [4.78, 5) is 17.9. The van der Waals surface area contributed by atoms with Gasteiger partial charge in [0.1, 0.15) is 0 Å². The van der Waals surface area contributed by atoms with Crippen LogP contribution >= 0.6 is 0 Å². The molecule has 72 valence electrons. The van der Waals surface area contributed by atoms with Gasteiger partial charge >= 0.3 is 5.69 Å². The Morgan fingerprint density at radius 3 is 3.07 bits per heavy atom. The van der Waals surface area contributed by atoms with Crippen molar-refractivity contribution in [2.45, 2.75) is 13.5 Å². The van der Waals surface area contributed by atoms with Gasteiger partial charge in [-0.05, 0) is 24.6 Å². The van der Waals surface area contributed by atoms with Gasteiger partial charge in [0, 0.05) is 24.3 Å². The zero-order valence-electron chi connectivity index (χ0n) is 7.90. The summed E-state index contributed by atoms with van der Waals surface area (Å²) in [5, 5.41) is 0. The molecule has 0 aliphatic heterocycles. The van der Waals surface area contributed by atoms with Crippen molar-refractivity contribution < 1.29 is 0 Å². The molecule has 0 aromatic carbocycles. The first kappa shape index (κ1) is 8.74. The van der Waals surface area contributed by atoms with Gasteiger partial charge in [-0.2, -0.15) is 0 Å². The van der Waals surface area contributed by atoms with Crippen molar-refractivity contribution >= 4 is 0 Å². The van der Waals surface area contributed by atoms with E-state index in [1.54, 1.807) is 23.2 Å². The minimum absolute atomic E-state index is 0.0838. The first-order chi connectivity index (χ1) is 6.75. The molecule has 1 N–H and O–H groups in total. The van der Waals surface area contributed by atoms with Gasteiger partial charge in [-0.25, -0.2) is 4.79 Å². The molecule has 0 aliphatic carbocycles. The minimum atomic E-state index is -0.0838. The van der Waals surface area contributed by atoms with Crippen molar-refractivity contribution in [3.8, 4) is 0 Å². The molecule has 2 rings (SSSR count). The highest BCUT2D eigenvalue weighted by atomic mass is 16.1. The normalized spacial score (nSPS) is 10.4. The molecule has 0 spiro atoms. The molecule has 0 saturated carbocycles. The van der Waals surface area contributed by atoms with Crippen LogP contribution in [0.1, 0.15) is 11.3 Å². The van der Waals surface area contributed by atoms with Crippen LogP contribution in [0.5, 0.6) is 0 Å². The quantitative estimate of drug-likeness (QED) is 0.764. The number of nitrogens with zero attached hydrogens (tertiary/aromatic N) is 2. The number of hydrogen-bond donors (Lipinski definition) is 1. The Morgan fingerprint density at radius 2 is 2.43 bits per heavy atom. The molecule has 0 unspecified atom stereocenters. The summed E-state index contributed by atoms with van der Waals surface area (Å²) < 4.78 is 1.62. The second-order valence-corrected chi connectivity index (χ2v) is 3.20. The van der Waals surface area contributed by atoms with Crippen molar-refractivity contribution in [1.29, 1.82) is 0 Å². The molecule has 0 amide bonds. The lowest BCUT2D eigenvalue weighted by Gasteiger charge is -2.01. The number of hydrogen-bond acceptors (Lipinski definition) is 2. The fraction of sp³-hybridized carbons (Fsp3) is 0.200. The van der Waals surface area contributed by atoms with Crippen molar-refractivity contribution in [3.63, 3.8) is 0 Å². The average molecular weight is 189 g/mol. The maximum atomic E-state index is 11.2. The second kappa shape index (κ2) is 3.49. The summed E-state index contributed by atoms with van der Waals surface area (Å²) in [6.07, 6.45) is 5.12. The summed E-state index contributed by atoms with van der Waals surface area (Å²) in [6, 6.07) is 3.88. The highest BCUT2D eigenvalue weighted by molar-refractivity contribution is 5.15. The summed E-state index contributed by atoms with van der Waals surface area (Å²) in [5.41, 5.74) is 1.96. The fourth-order valence-electron chi connectivity index (χ4n) is 1.37. The predicted molar refractivity (Wildman–Crippen MR) is 53.1 cm³/mol. The molecule has 0 aliphatic rings. The fourth-order valence-corrected chi connectivity index (χ4v) is 1.37. The van der Waals surface area contributed by atoms with Crippen molar-refractivity contribution in [3.05, 3.63) is 52.5 Å². The molecule has 0 atom stereocenters. The molecular formula is C10H11N3O. The van der Waals surface area contributed by atoms with E-state index >= 15 is 0 Å². The molecule has 0 saturated heterocycles. The number of aromatic nitrogens is 3. The third-order valence-corrected chi connectivity index (χ3v) is 2.04. The molecule has 4 heteroatoms. The molecule has 4 nitrogen and oxygen atoms in total. The van der Waals surface area contributed by atoms with E-state index < -0.39 is 0 Å². The van der Waals surface area contributed by atoms with Crippen LogP contribution in [0.2, 0.25) is 0 Å². The van der Waals surface area contributed by atoms with Crippen LogP contribution in [-0.2, 0) is 6.54 Å². The zero-order chi connectivity index (χ0) is 9.97. The Bertz CT molecular complexity index is 484. The smallest absolute Gasteiger partial charge is 0.313 e. The summed E-state index contributed by atoms with van der Waals surface area (Å²) in [7, 11) is 0. The number of H-pyrrole nitrogens is 1. The molecule has 2 aromatic rings. The zero-order valence-corrected chi connectivity index (χ0v) is 7.90. The van der Waals surface area contributed by atoms with Gasteiger partial charge in [0.2, 0.25) is 0 Å². The van der Waals surface area contributed by atoms with Gasteiger partial charge in [-0.3, -0.25) is 9.55 Å². The Balaban J connectivity index is 2.27. The Morgan fingerprint density at radius 1 is 1.57 bits per heavy atom. The van der Waals surface area contributed by atoms with Crippen LogP contribution in [0.3, 0.4) is 0 Å². The van der Waals surface area contributed by atoms with Gasteiger partial charge in [-0.15, -0.1) is 0 Å². The molecule has 0 bridgehead atoms. The van der Waals surface area contributed by atoms with Gasteiger partial charge in [0.25, 0.3) is 0 Å². The van der Waals surface area contributed by atoms with E-state index in [2.05, 4.69) is 9.97 Å². The van der Waals surface area contributed by atoms with Crippen LogP contribution in [0.25, 0.3) is 0 Å². The van der Waals surface area contributed by atoms with Gasteiger partial charge in [-0.1, -0.05) is 0 Å². The number of nitrogens with one attached hydrogen (secondary N) is 1. The Hall–Kier alpha value is -1.84. The Kier molecular flexibility index (Phi) is 2.18. The van der Waals surface area contributed by atoms with Crippen molar-refractivity contribution in [2.24, 2.45) is 0 Å². The summed E-state index contributed by atoms with van der Waals surface area (Å²) in [6.45, 7) is 2.52. The summed E-state index contributed by atoms with van der Waals surface area (Å²) in [5.74, 6) is 0. The van der Waals surface area contributed by atoms with Crippen molar-refractivity contribution in [1.82, 2.24) is 14.5 Å². The molecular weight excluding hydrogens is 178 g/mol. The number of pyridine rings is 1. The highest BCUT2D eigenvalue weighted by Gasteiger charge is 1.98. The standard InChI is InChI=1S/C10H11N3O/c1-8-6-9(2-3-11-8)7-13-5-4-12-10(13)14/h2-6H,7H2,1H3,(H,12,14). The van der Waals surface area contributed by atoms with E-state index in [4.69, 9.17) is 0 Å². The molecule has 14 heavy (non-hydrogen) atoms. The first-order valence-electron chi connectivity index (χ1n) is 4.41. The number of aryl methyl sites for hydroxylation is 1. The van der Waals surface area contributed by atoms with E-state index in [1.807, 2.05) is 19.1 Å². The van der Waals surface area contributed by atoms with E-state index in [-0.39, 0.29) is 5.69 Å². The minimum Gasteiger partial charge on any atom is -0.313 e. The van der Waals surface area contributed by atoms with Crippen LogP contribution in [0.15, 0.2) is 35.5 Å². The van der Waals surface area contributed by atoms with Gasteiger partial charge in [0.15, 0.2) is 0 Å². The molecule has 2 aromatic heterocycles. The largest absolute Gasteiger partial charge is 0.325 e. The second-order valence-electron chi connectivity index (χ2n) is 3.20.